The normalized spacial score (nSPS) is 29.2. The summed E-state index contributed by atoms with van der Waals surface area (Å²) in [6, 6.07) is 3.24. The van der Waals surface area contributed by atoms with Crippen LogP contribution in [0.1, 0.15) is 19.4 Å². The van der Waals surface area contributed by atoms with E-state index in [1.807, 2.05) is 6.20 Å². The third-order valence-electron chi connectivity index (χ3n) is 4.01. The first-order valence-electron chi connectivity index (χ1n) is 6.56. The van der Waals surface area contributed by atoms with Crippen molar-refractivity contribution in [1.29, 1.82) is 0 Å². The van der Waals surface area contributed by atoms with Crippen molar-refractivity contribution in [2.75, 3.05) is 31.5 Å². The van der Waals surface area contributed by atoms with Gasteiger partial charge < -0.3 is 16.0 Å². The number of aromatic nitrogens is 2. The molecule has 0 amide bonds. The highest BCUT2D eigenvalue weighted by atomic mass is 15.4. The van der Waals surface area contributed by atoms with E-state index in [1.165, 1.54) is 6.42 Å². The van der Waals surface area contributed by atoms with E-state index < -0.39 is 0 Å². The molecule has 2 aliphatic heterocycles. The van der Waals surface area contributed by atoms with Crippen molar-refractivity contribution in [2.24, 2.45) is 5.92 Å². The van der Waals surface area contributed by atoms with Gasteiger partial charge in [0.1, 0.15) is 5.82 Å². The molecule has 2 saturated heterocycles. The van der Waals surface area contributed by atoms with Gasteiger partial charge in [0.25, 0.3) is 0 Å². The second-order valence-electron chi connectivity index (χ2n) is 5.15. The van der Waals surface area contributed by atoms with Crippen LogP contribution in [0.15, 0.2) is 12.3 Å². The number of anilines is 1. The van der Waals surface area contributed by atoms with Crippen LogP contribution in [-0.4, -0.2) is 42.0 Å². The lowest BCUT2D eigenvalue weighted by Gasteiger charge is -2.29. The molecule has 0 saturated carbocycles. The van der Waals surface area contributed by atoms with Gasteiger partial charge in [0.2, 0.25) is 0 Å². The summed E-state index contributed by atoms with van der Waals surface area (Å²) in [5.41, 5.74) is 0. The quantitative estimate of drug-likeness (QED) is 0.709. The van der Waals surface area contributed by atoms with Crippen LogP contribution in [0, 0.1) is 5.92 Å². The lowest BCUT2D eigenvalue weighted by molar-refractivity contribution is 0.321. The molecular weight excluding hydrogens is 214 g/mol. The first kappa shape index (κ1) is 11.0. The Morgan fingerprint density at radius 2 is 2.41 bits per heavy atom. The molecule has 2 atom stereocenters. The summed E-state index contributed by atoms with van der Waals surface area (Å²) >= 11 is 0. The zero-order chi connectivity index (χ0) is 11.7. The third kappa shape index (κ3) is 2.17. The predicted molar refractivity (Wildman–Crippen MR) is 68.2 cm³/mol. The highest BCUT2D eigenvalue weighted by Crippen LogP contribution is 2.20. The second kappa shape index (κ2) is 4.66. The van der Waals surface area contributed by atoms with Crippen molar-refractivity contribution >= 4 is 5.82 Å². The maximum Gasteiger partial charge on any atom is 0.124 e. The Labute approximate surface area is 102 Å². The molecule has 3 rings (SSSR count). The van der Waals surface area contributed by atoms with Crippen LogP contribution in [0.5, 0.6) is 0 Å². The molecule has 5 heteroatoms. The molecule has 0 aromatic carbocycles. The number of nitrogens with zero attached hydrogens (tertiary/aromatic N) is 2. The highest BCUT2D eigenvalue weighted by Gasteiger charge is 2.24. The Balaban J connectivity index is 1.59. The fraction of sp³-hybridized carbons (Fsp3) is 0.750. The maximum absolute atomic E-state index is 4.40. The molecule has 2 aliphatic rings. The first-order chi connectivity index (χ1) is 8.34. The van der Waals surface area contributed by atoms with Gasteiger partial charge in [-0.15, -0.1) is 0 Å². The summed E-state index contributed by atoms with van der Waals surface area (Å²) in [4.78, 5) is 0. The fourth-order valence-corrected chi connectivity index (χ4v) is 2.62. The summed E-state index contributed by atoms with van der Waals surface area (Å²) in [7, 11) is 0. The Kier molecular flexibility index (Phi) is 3.03. The zero-order valence-electron chi connectivity index (χ0n) is 10.3. The van der Waals surface area contributed by atoms with Gasteiger partial charge in [-0.3, -0.25) is 0 Å². The second-order valence-corrected chi connectivity index (χ2v) is 5.15. The molecule has 1 aromatic rings. The van der Waals surface area contributed by atoms with E-state index in [0.29, 0.717) is 12.1 Å². The molecule has 0 aliphatic carbocycles. The van der Waals surface area contributed by atoms with Crippen molar-refractivity contribution in [3.8, 4) is 0 Å². The van der Waals surface area contributed by atoms with E-state index in [9.17, 15) is 0 Å². The number of nitrogens with one attached hydrogen (secondary N) is 3. The van der Waals surface area contributed by atoms with E-state index in [2.05, 4.69) is 38.7 Å². The monoisotopic (exact) mass is 235 g/mol. The molecule has 2 fully saturated rings. The van der Waals surface area contributed by atoms with E-state index >= 15 is 0 Å². The summed E-state index contributed by atoms with van der Waals surface area (Å²) in [6.07, 6.45) is 3.16. The minimum Gasteiger partial charge on any atom is -0.370 e. The van der Waals surface area contributed by atoms with Crippen molar-refractivity contribution in [3.63, 3.8) is 0 Å². The van der Waals surface area contributed by atoms with Gasteiger partial charge in [0.05, 0.1) is 12.2 Å². The SMILES string of the molecule is CC1NCCC1CNc1ccnn1C1CNC1. The number of hydrogen-bond acceptors (Lipinski definition) is 4. The van der Waals surface area contributed by atoms with E-state index in [0.717, 1.165) is 37.9 Å². The molecule has 3 N–H and O–H groups in total. The Morgan fingerprint density at radius 3 is 3.06 bits per heavy atom. The molecule has 0 radical (unpaired) electrons. The zero-order valence-corrected chi connectivity index (χ0v) is 10.3. The summed E-state index contributed by atoms with van der Waals surface area (Å²) in [5, 5.41) is 14.7. The molecule has 3 heterocycles. The van der Waals surface area contributed by atoms with E-state index in [-0.39, 0.29) is 0 Å². The first-order valence-corrected chi connectivity index (χ1v) is 6.56. The Hall–Kier alpha value is -1.07. The molecule has 17 heavy (non-hydrogen) atoms. The van der Waals surface area contributed by atoms with Crippen LogP contribution in [0.25, 0.3) is 0 Å². The maximum atomic E-state index is 4.40. The number of rotatable bonds is 4. The van der Waals surface area contributed by atoms with Crippen molar-refractivity contribution in [1.82, 2.24) is 20.4 Å². The lowest BCUT2D eigenvalue weighted by atomic mass is 10.0. The average Bonchev–Trinajstić information content (AvgIpc) is 2.83. The largest absolute Gasteiger partial charge is 0.370 e. The topological polar surface area (TPSA) is 53.9 Å². The molecule has 5 nitrogen and oxygen atoms in total. The minimum atomic E-state index is 0.534. The summed E-state index contributed by atoms with van der Waals surface area (Å²) in [5.74, 6) is 1.90. The molecule has 0 bridgehead atoms. The smallest absolute Gasteiger partial charge is 0.124 e. The number of hydrogen-bond donors (Lipinski definition) is 3. The van der Waals surface area contributed by atoms with Gasteiger partial charge in [-0.05, 0) is 25.8 Å². The van der Waals surface area contributed by atoms with Crippen LogP contribution >= 0.6 is 0 Å². The van der Waals surface area contributed by atoms with Gasteiger partial charge in [-0.25, -0.2) is 4.68 Å². The molecular formula is C12H21N5. The van der Waals surface area contributed by atoms with Gasteiger partial charge in [0.15, 0.2) is 0 Å². The van der Waals surface area contributed by atoms with Crippen LogP contribution < -0.4 is 16.0 Å². The van der Waals surface area contributed by atoms with Gasteiger partial charge in [-0.2, -0.15) is 5.10 Å². The van der Waals surface area contributed by atoms with Crippen molar-refractivity contribution in [3.05, 3.63) is 12.3 Å². The van der Waals surface area contributed by atoms with Crippen LogP contribution in [0.2, 0.25) is 0 Å². The predicted octanol–water partition coefficient (Wildman–Crippen LogP) is 0.437. The van der Waals surface area contributed by atoms with Crippen LogP contribution in [0.3, 0.4) is 0 Å². The molecule has 2 unspecified atom stereocenters. The van der Waals surface area contributed by atoms with Gasteiger partial charge in [0, 0.05) is 31.7 Å². The van der Waals surface area contributed by atoms with Crippen molar-refractivity contribution in [2.45, 2.75) is 25.4 Å². The van der Waals surface area contributed by atoms with Crippen molar-refractivity contribution < 1.29 is 0 Å². The summed E-state index contributed by atoms with van der Waals surface area (Å²) < 4.78 is 2.11. The Morgan fingerprint density at radius 1 is 1.53 bits per heavy atom. The van der Waals surface area contributed by atoms with Gasteiger partial charge in [-0.1, -0.05) is 0 Å². The molecule has 94 valence electrons. The lowest BCUT2D eigenvalue weighted by Crippen LogP contribution is -2.44. The molecule has 1 aromatic heterocycles. The standard InChI is InChI=1S/C12H21N5/c1-9-10(2-4-14-9)6-15-12-3-5-16-17(12)11-7-13-8-11/h3,5,9-11,13-15H,2,4,6-8H2,1H3. The van der Waals surface area contributed by atoms with Crippen LogP contribution in [0.4, 0.5) is 5.82 Å². The fourth-order valence-electron chi connectivity index (χ4n) is 2.62. The van der Waals surface area contributed by atoms with E-state index in [1.54, 1.807) is 0 Å². The molecule has 0 spiro atoms. The van der Waals surface area contributed by atoms with Crippen LogP contribution in [-0.2, 0) is 0 Å². The highest BCUT2D eigenvalue weighted by molar-refractivity contribution is 5.35. The van der Waals surface area contributed by atoms with Gasteiger partial charge >= 0.3 is 0 Å². The average molecular weight is 235 g/mol. The Bertz CT molecular complexity index is 371. The van der Waals surface area contributed by atoms with E-state index in [4.69, 9.17) is 0 Å². The minimum absolute atomic E-state index is 0.534. The summed E-state index contributed by atoms with van der Waals surface area (Å²) in [6.45, 7) is 6.54. The third-order valence-corrected chi connectivity index (χ3v) is 4.01.